The molecule has 0 saturated carbocycles. The SMILES string of the molecule is COc1ccc(C(=O)COC(=O)CCC(=O)Nc2ccc(C(=O)OCC(C)C)cc2)cc1. The van der Waals surface area contributed by atoms with E-state index in [0.29, 0.717) is 29.2 Å². The summed E-state index contributed by atoms with van der Waals surface area (Å²) in [6.07, 6.45) is -0.269. The lowest BCUT2D eigenvalue weighted by Crippen LogP contribution is -2.17. The van der Waals surface area contributed by atoms with Crippen LogP contribution in [0, 0.1) is 5.92 Å². The number of carbonyl (C=O) groups excluding carboxylic acids is 4. The van der Waals surface area contributed by atoms with E-state index in [9.17, 15) is 19.2 Å². The first kappa shape index (κ1) is 24.6. The Hall–Kier alpha value is -3.68. The summed E-state index contributed by atoms with van der Waals surface area (Å²) in [7, 11) is 1.52. The number of esters is 2. The van der Waals surface area contributed by atoms with E-state index >= 15 is 0 Å². The molecular weight excluding hydrogens is 414 g/mol. The molecule has 0 saturated heterocycles. The highest BCUT2D eigenvalue weighted by Gasteiger charge is 2.13. The first-order valence-electron chi connectivity index (χ1n) is 10.2. The van der Waals surface area contributed by atoms with Gasteiger partial charge in [-0.25, -0.2) is 4.79 Å². The number of nitrogens with one attached hydrogen (secondary N) is 1. The van der Waals surface area contributed by atoms with Crippen molar-refractivity contribution >= 4 is 29.3 Å². The summed E-state index contributed by atoms with van der Waals surface area (Å²) in [5.41, 5.74) is 1.26. The minimum absolute atomic E-state index is 0.103. The van der Waals surface area contributed by atoms with E-state index in [1.165, 1.54) is 7.11 Å². The van der Waals surface area contributed by atoms with E-state index in [4.69, 9.17) is 14.2 Å². The van der Waals surface area contributed by atoms with Gasteiger partial charge in [0.15, 0.2) is 12.4 Å². The number of ketones is 1. The van der Waals surface area contributed by atoms with Crippen LogP contribution in [0.25, 0.3) is 0 Å². The van der Waals surface area contributed by atoms with Crippen molar-refractivity contribution in [1.82, 2.24) is 0 Å². The third kappa shape index (κ3) is 8.22. The summed E-state index contributed by atoms with van der Waals surface area (Å²) in [6, 6.07) is 12.7. The Labute approximate surface area is 186 Å². The zero-order chi connectivity index (χ0) is 23.5. The zero-order valence-corrected chi connectivity index (χ0v) is 18.4. The highest BCUT2D eigenvalue weighted by molar-refractivity contribution is 5.98. The molecule has 32 heavy (non-hydrogen) atoms. The van der Waals surface area contributed by atoms with Crippen molar-refractivity contribution in [3.05, 3.63) is 59.7 Å². The summed E-state index contributed by atoms with van der Waals surface area (Å²) in [4.78, 5) is 47.8. The molecule has 0 heterocycles. The molecule has 8 heteroatoms. The van der Waals surface area contributed by atoms with Gasteiger partial charge in [0.2, 0.25) is 5.91 Å². The number of rotatable bonds is 11. The summed E-state index contributed by atoms with van der Waals surface area (Å²) in [5, 5.41) is 2.64. The van der Waals surface area contributed by atoms with Gasteiger partial charge in [-0.1, -0.05) is 13.8 Å². The van der Waals surface area contributed by atoms with Gasteiger partial charge >= 0.3 is 11.9 Å². The average molecular weight is 441 g/mol. The maximum absolute atomic E-state index is 12.0. The molecule has 170 valence electrons. The predicted octanol–water partition coefficient (Wildman–Crippen LogP) is 3.65. The van der Waals surface area contributed by atoms with Gasteiger partial charge < -0.3 is 19.5 Å². The molecule has 1 N–H and O–H groups in total. The Bertz CT molecular complexity index is 934. The van der Waals surface area contributed by atoms with E-state index in [-0.39, 0.29) is 24.5 Å². The van der Waals surface area contributed by atoms with Crippen LogP contribution in [0.4, 0.5) is 5.69 Å². The normalized spacial score (nSPS) is 10.4. The fourth-order valence-corrected chi connectivity index (χ4v) is 2.53. The molecule has 0 radical (unpaired) electrons. The van der Waals surface area contributed by atoms with Crippen molar-refractivity contribution in [2.24, 2.45) is 5.92 Å². The van der Waals surface area contributed by atoms with Crippen LogP contribution in [0.3, 0.4) is 0 Å². The predicted molar refractivity (Wildman–Crippen MR) is 118 cm³/mol. The second kappa shape index (κ2) is 12.2. The fourth-order valence-electron chi connectivity index (χ4n) is 2.53. The monoisotopic (exact) mass is 441 g/mol. The van der Waals surface area contributed by atoms with Gasteiger partial charge in [-0.2, -0.15) is 0 Å². The highest BCUT2D eigenvalue weighted by Crippen LogP contribution is 2.13. The van der Waals surface area contributed by atoms with Crippen LogP contribution in [0.2, 0.25) is 0 Å². The molecule has 0 fully saturated rings. The number of carbonyl (C=O) groups is 4. The van der Waals surface area contributed by atoms with Crippen molar-refractivity contribution in [2.75, 3.05) is 25.6 Å². The standard InChI is InChI=1S/C24H27NO7/c1-16(2)14-32-24(29)18-4-8-19(9-5-18)25-22(27)12-13-23(28)31-15-21(26)17-6-10-20(30-3)11-7-17/h4-11,16H,12-15H2,1-3H3,(H,25,27). The van der Waals surface area contributed by atoms with Crippen molar-refractivity contribution in [3.63, 3.8) is 0 Å². The Morgan fingerprint density at radius 1 is 0.844 bits per heavy atom. The van der Waals surface area contributed by atoms with Crippen molar-refractivity contribution in [3.8, 4) is 5.75 Å². The molecule has 0 aliphatic rings. The maximum atomic E-state index is 12.0. The van der Waals surface area contributed by atoms with Crippen LogP contribution >= 0.6 is 0 Å². The summed E-state index contributed by atoms with van der Waals surface area (Å²) >= 11 is 0. The number of amides is 1. The van der Waals surface area contributed by atoms with Crippen LogP contribution in [0.5, 0.6) is 5.75 Å². The van der Waals surface area contributed by atoms with Gasteiger partial charge in [-0.3, -0.25) is 14.4 Å². The van der Waals surface area contributed by atoms with Gasteiger partial charge in [0, 0.05) is 17.7 Å². The molecule has 0 atom stereocenters. The lowest BCUT2D eigenvalue weighted by Gasteiger charge is -2.09. The van der Waals surface area contributed by atoms with Crippen LogP contribution in [-0.2, 0) is 19.1 Å². The maximum Gasteiger partial charge on any atom is 0.338 e. The third-order valence-corrected chi connectivity index (χ3v) is 4.28. The molecule has 0 unspecified atom stereocenters. The topological polar surface area (TPSA) is 108 Å². The minimum atomic E-state index is -0.648. The van der Waals surface area contributed by atoms with Gasteiger partial charge in [-0.05, 0) is 54.4 Å². The average Bonchev–Trinajstić information content (AvgIpc) is 2.80. The van der Waals surface area contributed by atoms with Crippen LogP contribution in [-0.4, -0.2) is 44.0 Å². The van der Waals surface area contributed by atoms with E-state index < -0.39 is 24.5 Å². The second-order valence-corrected chi connectivity index (χ2v) is 7.43. The molecule has 0 aliphatic carbocycles. The van der Waals surface area contributed by atoms with Crippen LogP contribution < -0.4 is 10.1 Å². The number of methoxy groups -OCH3 is 1. The van der Waals surface area contributed by atoms with Gasteiger partial charge in [0.25, 0.3) is 0 Å². The molecule has 0 spiro atoms. The molecule has 0 aliphatic heterocycles. The molecule has 2 aromatic carbocycles. The Balaban J connectivity index is 1.72. The molecule has 0 aromatic heterocycles. The molecule has 1 amide bonds. The van der Waals surface area contributed by atoms with Gasteiger partial charge in [-0.15, -0.1) is 0 Å². The first-order valence-corrected chi connectivity index (χ1v) is 10.2. The summed E-state index contributed by atoms with van der Waals surface area (Å²) in [5.74, 6) is -0.958. The Kier molecular flexibility index (Phi) is 9.41. The third-order valence-electron chi connectivity index (χ3n) is 4.28. The molecule has 2 rings (SSSR count). The Morgan fingerprint density at radius 3 is 2.06 bits per heavy atom. The number of hydrogen-bond acceptors (Lipinski definition) is 7. The number of ether oxygens (including phenoxy) is 3. The quantitative estimate of drug-likeness (QED) is 0.419. The van der Waals surface area contributed by atoms with Crippen molar-refractivity contribution in [2.45, 2.75) is 26.7 Å². The second-order valence-electron chi connectivity index (χ2n) is 7.43. The smallest absolute Gasteiger partial charge is 0.338 e. The lowest BCUT2D eigenvalue weighted by molar-refractivity contribution is -0.143. The molecule has 2 aromatic rings. The van der Waals surface area contributed by atoms with Gasteiger partial charge in [0.05, 0.1) is 25.7 Å². The summed E-state index contributed by atoms with van der Waals surface area (Å²) in [6.45, 7) is 3.82. The Morgan fingerprint density at radius 2 is 1.47 bits per heavy atom. The largest absolute Gasteiger partial charge is 0.497 e. The van der Waals surface area contributed by atoms with Crippen molar-refractivity contribution < 1.29 is 33.4 Å². The number of hydrogen-bond donors (Lipinski definition) is 1. The fraction of sp³-hybridized carbons (Fsp3) is 0.333. The van der Waals surface area contributed by atoms with Crippen LogP contribution in [0.15, 0.2) is 48.5 Å². The first-order chi connectivity index (χ1) is 15.3. The summed E-state index contributed by atoms with van der Waals surface area (Å²) < 4.78 is 15.1. The minimum Gasteiger partial charge on any atom is -0.497 e. The van der Waals surface area contributed by atoms with Gasteiger partial charge in [0.1, 0.15) is 5.75 Å². The molecule has 0 bridgehead atoms. The van der Waals surface area contributed by atoms with E-state index in [0.717, 1.165) is 0 Å². The highest BCUT2D eigenvalue weighted by atomic mass is 16.5. The van der Waals surface area contributed by atoms with Crippen LogP contribution in [0.1, 0.15) is 47.4 Å². The van der Waals surface area contributed by atoms with E-state index in [1.807, 2.05) is 13.8 Å². The molecular formula is C24H27NO7. The number of anilines is 1. The number of Topliss-reactive ketones (excluding diaryl/α,β-unsaturated/α-hetero) is 1. The van der Waals surface area contributed by atoms with E-state index in [2.05, 4.69) is 5.32 Å². The van der Waals surface area contributed by atoms with E-state index in [1.54, 1.807) is 48.5 Å². The number of benzene rings is 2. The van der Waals surface area contributed by atoms with Crippen molar-refractivity contribution in [1.29, 1.82) is 0 Å². The zero-order valence-electron chi connectivity index (χ0n) is 18.4. The lowest BCUT2D eigenvalue weighted by atomic mass is 10.1. The molecule has 8 nitrogen and oxygen atoms in total.